The van der Waals surface area contributed by atoms with Gasteiger partial charge in [-0.1, -0.05) is 25.1 Å². The molecule has 176 valence electrons. The number of methoxy groups -OCH3 is 1. The molecule has 1 fully saturated rings. The van der Waals surface area contributed by atoms with Crippen molar-refractivity contribution in [2.75, 3.05) is 31.6 Å². The lowest BCUT2D eigenvalue weighted by molar-refractivity contribution is -0.126. The van der Waals surface area contributed by atoms with Crippen molar-refractivity contribution in [1.82, 2.24) is 10.2 Å². The van der Waals surface area contributed by atoms with Crippen LogP contribution in [-0.4, -0.2) is 49.7 Å². The standard InChI is InChI=1S/C26H33N3O4/c1-4-21-17-29(23-15-18(2)5-10-24(23)33-21)26(31)28-13-11-20(12-14-28)25(30)27-16-19-6-8-22(32-3)9-7-19/h5-10,15,20-21H,4,11-14,16-17H2,1-3H3,(H,27,30)/t21-/m0/s1. The van der Waals surface area contributed by atoms with Gasteiger partial charge in [-0.05, 0) is 61.6 Å². The number of hydrogen-bond acceptors (Lipinski definition) is 4. The molecule has 2 aliphatic heterocycles. The molecule has 3 amide bonds. The first kappa shape index (κ1) is 23.0. The summed E-state index contributed by atoms with van der Waals surface area (Å²) in [6.07, 6.45) is 2.17. The molecular formula is C26H33N3O4. The van der Waals surface area contributed by atoms with E-state index in [-0.39, 0.29) is 24.0 Å². The quantitative estimate of drug-likeness (QED) is 0.742. The number of rotatable bonds is 5. The van der Waals surface area contributed by atoms with Gasteiger partial charge in [0.1, 0.15) is 17.6 Å². The maximum Gasteiger partial charge on any atom is 0.324 e. The SMILES string of the molecule is CC[C@H]1CN(C(=O)N2CCC(C(=O)NCc3ccc(OC)cc3)CC2)c2cc(C)ccc2O1. The van der Waals surface area contributed by atoms with Crippen LogP contribution in [-0.2, 0) is 11.3 Å². The number of likely N-dealkylation sites (tertiary alicyclic amines) is 1. The highest BCUT2D eigenvalue weighted by Crippen LogP contribution is 2.36. The molecule has 2 aliphatic rings. The van der Waals surface area contributed by atoms with Crippen LogP contribution >= 0.6 is 0 Å². The molecule has 0 aromatic heterocycles. The van der Waals surface area contributed by atoms with Crippen LogP contribution in [0.15, 0.2) is 42.5 Å². The van der Waals surface area contributed by atoms with Crippen molar-refractivity contribution in [1.29, 1.82) is 0 Å². The molecule has 0 unspecified atom stereocenters. The largest absolute Gasteiger partial charge is 0.497 e. The van der Waals surface area contributed by atoms with E-state index in [0.717, 1.165) is 34.7 Å². The Balaban J connectivity index is 1.33. The Morgan fingerprint density at radius 1 is 1.12 bits per heavy atom. The summed E-state index contributed by atoms with van der Waals surface area (Å²) in [5.74, 6) is 1.54. The molecule has 1 atom stereocenters. The average molecular weight is 452 g/mol. The van der Waals surface area contributed by atoms with Gasteiger partial charge in [0.25, 0.3) is 0 Å². The van der Waals surface area contributed by atoms with Crippen molar-refractivity contribution in [3.05, 3.63) is 53.6 Å². The second-order valence-corrected chi connectivity index (χ2v) is 8.84. The maximum atomic E-state index is 13.4. The molecule has 1 saturated heterocycles. The number of nitrogens with one attached hydrogen (secondary N) is 1. The minimum atomic E-state index is -0.0742. The molecule has 0 spiro atoms. The van der Waals surface area contributed by atoms with Crippen LogP contribution in [0.3, 0.4) is 0 Å². The van der Waals surface area contributed by atoms with Crippen LogP contribution in [0.4, 0.5) is 10.5 Å². The van der Waals surface area contributed by atoms with Crippen LogP contribution in [0.5, 0.6) is 11.5 Å². The molecule has 7 nitrogen and oxygen atoms in total. The third kappa shape index (κ3) is 5.24. The van der Waals surface area contributed by atoms with E-state index in [0.29, 0.717) is 39.0 Å². The third-order valence-corrected chi connectivity index (χ3v) is 6.53. The smallest absolute Gasteiger partial charge is 0.324 e. The monoisotopic (exact) mass is 451 g/mol. The van der Waals surface area contributed by atoms with Gasteiger partial charge in [-0.3, -0.25) is 9.69 Å². The summed E-state index contributed by atoms with van der Waals surface area (Å²) in [4.78, 5) is 29.8. The van der Waals surface area contributed by atoms with Gasteiger partial charge in [0.15, 0.2) is 0 Å². The fraction of sp³-hybridized carbons (Fsp3) is 0.462. The van der Waals surface area contributed by atoms with E-state index in [9.17, 15) is 9.59 Å². The molecule has 0 saturated carbocycles. The highest BCUT2D eigenvalue weighted by Gasteiger charge is 2.34. The number of urea groups is 1. The van der Waals surface area contributed by atoms with Gasteiger partial charge in [0, 0.05) is 25.6 Å². The molecule has 2 aromatic carbocycles. The van der Waals surface area contributed by atoms with Crippen LogP contribution in [0.1, 0.15) is 37.3 Å². The lowest BCUT2D eigenvalue weighted by atomic mass is 9.96. The maximum absolute atomic E-state index is 13.4. The van der Waals surface area contributed by atoms with E-state index in [1.54, 1.807) is 7.11 Å². The Kier molecular flexibility index (Phi) is 7.06. The number of carbonyl (C=O) groups is 2. The first-order chi connectivity index (χ1) is 16.0. The van der Waals surface area contributed by atoms with Gasteiger partial charge >= 0.3 is 6.03 Å². The van der Waals surface area contributed by atoms with Gasteiger partial charge in [-0.15, -0.1) is 0 Å². The Labute approximate surface area is 195 Å². The highest BCUT2D eigenvalue weighted by atomic mass is 16.5. The number of anilines is 1. The molecule has 33 heavy (non-hydrogen) atoms. The number of amides is 3. The number of ether oxygens (including phenoxy) is 2. The van der Waals surface area contributed by atoms with Crippen molar-refractivity contribution in [3.63, 3.8) is 0 Å². The van der Waals surface area contributed by atoms with Crippen LogP contribution in [0, 0.1) is 12.8 Å². The summed E-state index contributed by atoms with van der Waals surface area (Å²) >= 11 is 0. The molecule has 2 aromatic rings. The number of aryl methyl sites for hydroxylation is 1. The molecule has 2 heterocycles. The third-order valence-electron chi connectivity index (χ3n) is 6.53. The van der Waals surface area contributed by atoms with Crippen molar-refractivity contribution in [3.8, 4) is 11.5 Å². The van der Waals surface area contributed by atoms with E-state index in [2.05, 4.69) is 12.2 Å². The van der Waals surface area contributed by atoms with E-state index < -0.39 is 0 Å². The summed E-state index contributed by atoms with van der Waals surface area (Å²) in [6, 6.07) is 13.7. The molecule has 0 bridgehead atoms. The first-order valence-corrected chi connectivity index (χ1v) is 11.7. The topological polar surface area (TPSA) is 71.1 Å². The number of nitrogens with zero attached hydrogens (tertiary/aromatic N) is 2. The predicted molar refractivity (Wildman–Crippen MR) is 128 cm³/mol. The van der Waals surface area contributed by atoms with E-state index >= 15 is 0 Å². The van der Waals surface area contributed by atoms with Crippen LogP contribution < -0.4 is 19.7 Å². The lowest BCUT2D eigenvalue weighted by Gasteiger charge is -2.39. The Bertz CT molecular complexity index is 984. The summed E-state index contributed by atoms with van der Waals surface area (Å²) in [5.41, 5.74) is 2.96. The number of benzene rings is 2. The summed E-state index contributed by atoms with van der Waals surface area (Å²) < 4.78 is 11.2. The normalized spacial score (nSPS) is 18.3. The zero-order valence-corrected chi connectivity index (χ0v) is 19.7. The fourth-order valence-corrected chi connectivity index (χ4v) is 4.43. The van der Waals surface area contributed by atoms with Gasteiger partial charge in [-0.25, -0.2) is 4.79 Å². The van der Waals surface area contributed by atoms with Crippen LogP contribution in [0.2, 0.25) is 0 Å². The Hall–Kier alpha value is -3.22. The highest BCUT2D eigenvalue weighted by molar-refractivity contribution is 5.94. The number of piperidine rings is 1. The van der Waals surface area contributed by atoms with Crippen LogP contribution in [0.25, 0.3) is 0 Å². The number of fused-ring (bicyclic) bond motifs is 1. The minimum absolute atomic E-state index is 0.000640. The first-order valence-electron chi connectivity index (χ1n) is 11.7. The Morgan fingerprint density at radius 3 is 2.52 bits per heavy atom. The zero-order valence-electron chi connectivity index (χ0n) is 19.7. The summed E-state index contributed by atoms with van der Waals surface area (Å²) in [7, 11) is 1.63. The van der Waals surface area contributed by atoms with Crippen molar-refractivity contribution >= 4 is 17.6 Å². The van der Waals surface area contributed by atoms with Gasteiger partial charge in [0.05, 0.1) is 19.3 Å². The summed E-state index contributed by atoms with van der Waals surface area (Å²) in [5, 5.41) is 3.04. The van der Waals surface area contributed by atoms with Crippen molar-refractivity contribution < 1.29 is 19.1 Å². The lowest BCUT2D eigenvalue weighted by Crippen LogP contribution is -2.52. The Morgan fingerprint density at radius 2 is 1.85 bits per heavy atom. The minimum Gasteiger partial charge on any atom is -0.497 e. The predicted octanol–water partition coefficient (Wildman–Crippen LogP) is 4.13. The van der Waals surface area contributed by atoms with Crippen molar-refractivity contribution in [2.24, 2.45) is 5.92 Å². The molecule has 7 heteroatoms. The fourth-order valence-electron chi connectivity index (χ4n) is 4.43. The molecular weight excluding hydrogens is 418 g/mol. The van der Waals surface area contributed by atoms with E-state index in [1.165, 1.54) is 0 Å². The van der Waals surface area contributed by atoms with Gasteiger partial charge in [-0.2, -0.15) is 0 Å². The van der Waals surface area contributed by atoms with E-state index in [1.807, 2.05) is 59.2 Å². The second kappa shape index (κ2) is 10.1. The molecule has 0 radical (unpaired) electrons. The number of hydrogen-bond donors (Lipinski definition) is 1. The van der Waals surface area contributed by atoms with Crippen molar-refractivity contribution in [2.45, 2.75) is 45.8 Å². The molecule has 4 rings (SSSR count). The number of carbonyl (C=O) groups excluding carboxylic acids is 2. The average Bonchev–Trinajstić information content (AvgIpc) is 2.86. The molecule has 0 aliphatic carbocycles. The summed E-state index contributed by atoms with van der Waals surface area (Å²) in [6.45, 7) is 6.29. The zero-order chi connectivity index (χ0) is 23.4. The second-order valence-electron chi connectivity index (χ2n) is 8.84. The molecule has 1 N–H and O–H groups in total. The van der Waals surface area contributed by atoms with E-state index in [4.69, 9.17) is 9.47 Å². The van der Waals surface area contributed by atoms with Gasteiger partial charge in [0.2, 0.25) is 5.91 Å². The van der Waals surface area contributed by atoms with Gasteiger partial charge < -0.3 is 19.7 Å².